The van der Waals surface area contributed by atoms with Gasteiger partial charge in [-0.25, -0.2) is 5.10 Å². The number of aromatic amines is 1. The maximum atomic E-state index is 11.7. The van der Waals surface area contributed by atoms with E-state index < -0.39 is 0 Å². The van der Waals surface area contributed by atoms with E-state index in [0.29, 0.717) is 5.92 Å². The third kappa shape index (κ3) is 1.65. The number of nitrogens with zero attached hydrogens (tertiary/aromatic N) is 1. The van der Waals surface area contributed by atoms with Gasteiger partial charge in [0.05, 0.1) is 11.3 Å². The van der Waals surface area contributed by atoms with Crippen molar-refractivity contribution in [3.63, 3.8) is 0 Å². The molecule has 1 N–H and O–H groups in total. The Hall–Kier alpha value is -1.90. The third-order valence-electron chi connectivity index (χ3n) is 2.90. The molecule has 2 aromatic rings. The first-order chi connectivity index (χ1) is 7.84. The molecule has 0 radical (unpaired) electrons. The van der Waals surface area contributed by atoms with Crippen LogP contribution in [-0.4, -0.2) is 10.2 Å². The van der Waals surface area contributed by atoms with Gasteiger partial charge in [-0.3, -0.25) is 4.79 Å². The zero-order valence-corrected chi connectivity index (χ0v) is 8.81. The lowest BCUT2D eigenvalue weighted by molar-refractivity contribution is 0.890. The molecular weight excluding hydrogens is 200 g/mol. The minimum atomic E-state index is -0.115. The first-order valence-corrected chi connectivity index (χ1v) is 5.49. The molecule has 1 aromatic carbocycles. The van der Waals surface area contributed by atoms with Crippen LogP contribution in [0, 0.1) is 0 Å². The van der Waals surface area contributed by atoms with Gasteiger partial charge in [-0.05, 0) is 24.5 Å². The van der Waals surface area contributed by atoms with E-state index in [1.165, 1.54) is 12.8 Å². The fraction of sp³-hybridized carbons (Fsp3) is 0.231. The number of hydrogen-bond acceptors (Lipinski definition) is 2. The average molecular weight is 212 g/mol. The van der Waals surface area contributed by atoms with Crippen LogP contribution < -0.4 is 5.56 Å². The monoisotopic (exact) mass is 212 g/mol. The van der Waals surface area contributed by atoms with Crippen molar-refractivity contribution in [2.45, 2.75) is 18.8 Å². The smallest absolute Gasteiger partial charge is 0.267 e. The Morgan fingerprint density at radius 2 is 1.94 bits per heavy atom. The molecule has 3 heteroatoms. The molecule has 0 atom stereocenters. The molecule has 80 valence electrons. The van der Waals surface area contributed by atoms with E-state index in [0.717, 1.165) is 16.8 Å². The summed E-state index contributed by atoms with van der Waals surface area (Å²) < 4.78 is 0. The van der Waals surface area contributed by atoms with Gasteiger partial charge in [-0.2, -0.15) is 5.10 Å². The molecule has 1 fully saturated rings. The van der Waals surface area contributed by atoms with Gasteiger partial charge < -0.3 is 0 Å². The standard InChI is InChI=1S/C13H12N2O/c16-13-11(9-4-2-1-3-5-9)8-12(14-15-13)10-6-7-10/h1-5,8,10H,6-7H2,(H,15,16). The van der Waals surface area contributed by atoms with Gasteiger partial charge in [-0.15, -0.1) is 0 Å². The summed E-state index contributed by atoms with van der Waals surface area (Å²) in [7, 11) is 0. The zero-order chi connectivity index (χ0) is 11.0. The quantitative estimate of drug-likeness (QED) is 0.830. The van der Waals surface area contributed by atoms with Crippen molar-refractivity contribution in [1.82, 2.24) is 10.2 Å². The molecule has 1 saturated carbocycles. The molecule has 3 rings (SSSR count). The van der Waals surface area contributed by atoms with Crippen molar-refractivity contribution in [1.29, 1.82) is 0 Å². The predicted octanol–water partition coefficient (Wildman–Crippen LogP) is 2.31. The molecule has 0 spiro atoms. The van der Waals surface area contributed by atoms with Crippen LogP contribution >= 0.6 is 0 Å². The molecule has 1 aliphatic rings. The van der Waals surface area contributed by atoms with Gasteiger partial charge in [0.2, 0.25) is 0 Å². The molecule has 0 amide bonds. The molecule has 1 heterocycles. The van der Waals surface area contributed by atoms with Crippen LogP contribution in [0.5, 0.6) is 0 Å². The second-order valence-electron chi connectivity index (χ2n) is 4.18. The summed E-state index contributed by atoms with van der Waals surface area (Å²) in [5.41, 5.74) is 2.57. The molecule has 0 saturated heterocycles. The van der Waals surface area contributed by atoms with Crippen molar-refractivity contribution < 1.29 is 0 Å². The minimum Gasteiger partial charge on any atom is -0.267 e. The molecule has 0 bridgehead atoms. The average Bonchev–Trinajstić information content (AvgIpc) is 3.15. The van der Waals surface area contributed by atoms with Crippen molar-refractivity contribution in [3.8, 4) is 11.1 Å². The van der Waals surface area contributed by atoms with Crippen LogP contribution in [0.4, 0.5) is 0 Å². The van der Waals surface area contributed by atoms with Crippen molar-refractivity contribution >= 4 is 0 Å². The maximum absolute atomic E-state index is 11.7. The van der Waals surface area contributed by atoms with E-state index in [4.69, 9.17) is 0 Å². The lowest BCUT2D eigenvalue weighted by atomic mass is 10.1. The Labute approximate surface area is 93.1 Å². The lowest BCUT2D eigenvalue weighted by Crippen LogP contribution is -2.12. The molecule has 3 nitrogen and oxygen atoms in total. The normalized spacial score (nSPS) is 15.0. The fourth-order valence-corrected chi connectivity index (χ4v) is 1.84. The first-order valence-electron chi connectivity index (χ1n) is 5.49. The highest BCUT2D eigenvalue weighted by Crippen LogP contribution is 2.39. The van der Waals surface area contributed by atoms with Gasteiger partial charge in [0.25, 0.3) is 5.56 Å². The highest BCUT2D eigenvalue weighted by atomic mass is 16.1. The Bertz CT molecular complexity index is 556. The van der Waals surface area contributed by atoms with Crippen LogP contribution in [0.3, 0.4) is 0 Å². The summed E-state index contributed by atoms with van der Waals surface area (Å²) in [6.45, 7) is 0. The van der Waals surface area contributed by atoms with E-state index in [2.05, 4.69) is 10.2 Å². The third-order valence-corrected chi connectivity index (χ3v) is 2.90. The van der Waals surface area contributed by atoms with E-state index >= 15 is 0 Å². The molecule has 16 heavy (non-hydrogen) atoms. The number of nitrogens with one attached hydrogen (secondary N) is 1. The van der Waals surface area contributed by atoms with E-state index in [-0.39, 0.29) is 5.56 Å². The minimum absolute atomic E-state index is 0.115. The Morgan fingerprint density at radius 1 is 1.19 bits per heavy atom. The van der Waals surface area contributed by atoms with E-state index in [9.17, 15) is 4.79 Å². The van der Waals surface area contributed by atoms with Crippen LogP contribution in [0.2, 0.25) is 0 Å². The van der Waals surface area contributed by atoms with Crippen LogP contribution in [0.15, 0.2) is 41.2 Å². The number of benzene rings is 1. The second kappa shape index (κ2) is 3.59. The fourth-order valence-electron chi connectivity index (χ4n) is 1.84. The van der Waals surface area contributed by atoms with Gasteiger partial charge in [0.1, 0.15) is 0 Å². The number of hydrogen-bond donors (Lipinski definition) is 1. The maximum Gasteiger partial charge on any atom is 0.272 e. The van der Waals surface area contributed by atoms with E-state index in [1.807, 2.05) is 36.4 Å². The highest BCUT2D eigenvalue weighted by molar-refractivity contribution is 5.62. The number of rotatable bonds is 2. The van der Waals surface area contributed by atoms with Crippen LogP contribution in [0.25, 0.3) is 11.1 Å². The summed E-state index contributed by atoms with van der Waals surface area (Å²) >= 11 is 0. The van der Waals surface area contributed by atoms with Crippen molar-refractivity contribution in [3.05, 3.63) is 52.4 Å². The Kier molecular flexibility index (Phi) is 2.10. The topological polar surface area (TPSA) is 45.8 Å². The number of aromatic nitrogens is 2. The Morgan fingerprint density at radius 3 is 2.62 bits per heavy atom. The summed E-state index contributed by atoms with van der Waals surface area (Å²) in [5, 5.41) is 6.67. The molecule has 1 aliphatic carbocycles. The summed E-state index contributed by atoms with van der Waals surface area (Å²) in [6.07, 6.45) is 2.38. The molecule has 0 aliphatic heterocycles. The Balaban J connectivity index is 2.12. The molecule has 0 unspecified atom stereocenters. The molecular formula is C13H12N2O. The SMILES string of the molecule is O=c1[nH]nc(C2CC2)cc1-c1ccccc1. The highest BCUT2D eigenvalue weighted by Gasteiger charge is 2.25. The van der Waals surface area contributed by atoms with Gasteiger partial charge in [-0.1, -0.05) is 30.3 Å². The van der Waals surface area contributed by atoms with Crippen LogP contribution in [0.1, 0.15) is 24.5 Å². The van der Waals surface area contributed by atoms with Gasteiger partial charge >= 0.3 is 0 Å². The lowest BCUT2D eigenvalue weighted by Gasteiger charge is -2.02. The number of H-pyrrole nitrogens is 1. The summed E-state index contributed by atoms with van der Waals surface area (Å²) in [6, 6.07) is 11.6. The summed E-state index contributed by atoms with van der Waals surface area (Å²) in [4.78, 5) is 11.7. The molecule has 1 aromatic heterocycles. The van der Waals surface area contributed by atoms with Crippen molar-refractivity contribution in [2.75, 3.05) is 0 Å². The zero-order valence-electron chi connectivity index (χ0n) is 8.81. The van der Waals surface area contributed by atoms with Crippen LogP contribution in [-0.2, 0) is 0 Å². The van der Waals surface area contributed by atoms with Gasteiger partial charge in [0, 0.05) is 5.92 Å². The first kappa shape index (κ1) is 9.33. The van der Waals surface area contributed by atoms with Crippen molar-refractivity contribution in [2.24, 2.45) is 0 Å². The predicted molar refractivity (Wildman–Crippen MR) is 62.3 cm³/mol. The van der Waals surface area contributed by atoms with Gasteiger partial charge in [0.15, 0.2) is 0 Å². The second-order valence-corrected chi connectivity index (χ2v) is 4.18. The van der Waals surface area contributed by atoms with E-state index in [1.54, 1.807) is 0 Å². The summed E-state index contributed by atoms with van der Waals surface area (Å²) in [5.74, 6) is 0.555. The largest absolute Gasteiger partial charge is 0.272 e.